The summed E-state index contributed by atoms with van der Waals surface area (Å²) in [5.74, 6) is 0.587. The molecule has 1 heterocycles. The van der Waals surface area contributed by atoms with Crippen LogP contribution >= 0.6 is 28.1 Å². The summed E-state index contributed by atoms with van der Waals surface area (Å²) < 4.78 is 6.41. The minimum atomic E-state index is -0.174. The Balaban J connectivity index is 1.84. The molecule has 2 aromatic carbocycles. The van der Waals surface area contributed by atoms with Crippen LogP contribution in [0.1, 0.15) is 12.5 Å². The first-order chi connectivity index (χ1) is 11.6. The van der Waals surface area contributed by atoms with Gasteiger partial charge in [-0.25, -0.2) is 0 Å². The molecule has 0 saturated carbocycles. The van der Waals surface area contributed by atoms with Crippen LogP contribution in [0.4, 0.5) is 5.69 Å². The zero-order chi connectivity index (χ0) is 17.1. The number of nitrogens with zero attached hydrogens (tertiary/aromatic N) is 1. The van der Waals surface area contributed by atoms with Gasteiger partial charge in [0.15, 0.2) is 5.11 Å². The van der Waals surface area contributed by atoms with Gasteiger partial charge in [-0.1, -0.05) is 28.1 Å². The van der Waals surface area contributed by atoms with E-state index in [0.717, 1.165) is 15.8 Å². The molecule has 1 amide bonds. The van der Waals surface area contributed by atoms with Gasteiger partial charge in [0.2, 0.25) is 0 Å². The lowest BCUT2D eigenvalue weighted by atomic mass is 10.2. The molecule has 122 valence electrons. The highest BCUT2D eigenvalue weighted by atomic mass is 79.9. The average molecular weight is 403 g/mol. The predicted octanol–water partition coefficient (Wildman–Crippen LogP) is 4.11. The van der Waals surface area contributed by atoms with Crippen molar-refractivity contribution < 1.29 is 9.53 Å². The first kappa shape index (κ1) is 16.7. The minimum Gasteiger partial charge on any atom is -0.494 e. The summed E-state index contributed by atoms with van der Waals surface area (Å²) in [4.78, 5) is 14.1. The lowest BCUT2D eigenvalue weighted by molar-refractivity contribution is -0.113. The van der Waals surface area contributed by atoms with Gasteiger partial charge in [-0.15, -0.1) is 0 Å². The Hall–Kier alpha value is -2.18. The molecule has 1 N–H and O–H groups in total. The number of hydrogen-bond donors (Lipinski definition) is 1. The molecule has 0 atom stereocenters. The van der Waals surface area contributed by atoms with E-state index >= 15 is 0 Å². The van der Waals surface area contributed by atoms with Gasteiger partial charge in [0, 0.05) is 4.47 Å². The Morgan fingerprint density at radius 1 is 1.17 bits per heavy atom. The Morgan fingerprint density at radius 2 is 1.83 bits per heavy atom. The fourth-order valence-electron chi connectivity index (χ4n) is 2.35. The Morgan fingerprint density at radius 3 is 2.46 bits per heavy atom. The number of ether oxygens (including phenoxy) is 1. The van der Waals surface area contributed by atoms with Gasteiger partial charge in [-0.05, 0) is 67.2 Å². The lowest BCUT2D eigenvalue weighted by Gasteiger charge is -2.14. The van der Waals surface area contributed by atoms with Crippen LogP contribution < -0.4 is 15.0 Å². The predicted molar refractivity (Wildman–Crippen MR) is 103 cm³/mol. The number of anilines is 1. The summed E-state index contributed by atoms with van der Waals surface area (Å²) >= 11 is 8.71. The molecule has 0 radical (unpaired) electrons. The first-order valence-electron chi connectivity index (χ1n) is 7.44. The molecule has 1 aliphatic rings. The summed E-state index contributed by atoms with van der Waals surface area (Å²) in [6.07, 6.45) is 1.79. The highest BCUT2D eigenvalue weighted by molar-refractivity contribution is 9.10. The van der Waals surface area contributed by atoms with Crippen molar-refractivity contribution in [1.82, 2.24) is 5.32 Å². The van der Waals surface area contributed by atoms with Crippen molar-refractivity contribution in [2.75, 3.05) is 11.5 Å². The Bertz CT molecular complexity index is 801. The molecule has 0 aromatic heterocycles. The second-order valence-electron chi connectivity index (χ2n) is 5.11. The molecule has 6 heteroatoms. The summed E-state index contributed by atoms with van der Waals surface area (Å²) in [5.41, 5.74) is 2.08. The van der Waals surface area contributed by atoms with Gasteiger partial charge < -0.3 is 10.1 Å². The van der Waals surface area contributed by atoms with Gasteiger partial charge in [0.05, 0.1) is 12.3 Å². The van der Waals surface area contributed by atoms with Crippen LogP contribution in [0.5, 0.6) is 5.75 Å². The van der Waals surface area contributed by atoms with Crippen molar-refractivity contribution in [1.29, 1.82) is 0 Å². The van der Waals surface area contributed by atoms with Crippen LogP contribution in [-0.4, -0.2) is 17.6 Å². The first-order valence-corrected chi connectivity index (χ1v) is 8.64. The van der Waals surface area contributed by atoms with E-state index in [1.165, 1.54) is 4.90 Å². The van der Waals surface area contributed by atoms with E-state index in [9.17, 15) is 4.79 Å². The van der Waals surface area contributed by atoms with E-state index in [1.807, 2.05) is 55.5 Å². The summed E-state index contributed by atoms with van der Waals surface area (Å²) in [6.45, 7) is 2.53. The number of thiocarbonyl (C=S) groups is 1. The second-order valence-corrected chi connectivity index (χ2v) is 6.41. The zero-order valence-electron chi connectivity index (χ0n) is 13.0. The quantitative estimate of drug-likeness (QED) is 0.616. The second kappa shape index (κ2) is 7.15. The van der Waals surface area contributed by atoms with E-state index in [0.29, 0.717) is 23.1 Å². The lowest BCUT2D eigenvalue weighted by Crippen LogP contribution is -2.30. The zero-order valence-corrected chi connectivity index (χ0v) is 15.4. The smallest absolute Gasteiger partial charge is 0.281 e. The van der Waals surface area contributed by atoms with Crippen molar-refractivity contribution in [2.24, 2.45) is 0 Å². The average Bonchev–Trinajstić information content (AvgIpc) is 2.85. The summed E-state index contributed by atoms with van der Waals surface area (Å²) in [6, 6.07) is 15.0. The summed E-state index contributed by atoms with van der Waals surface area (Å²) in [7, 11) is 0. The maximum atomic E-state index is 12.7. The van der Waals surface area contributed by atoms with Gasteiger partial charge in [0.25, 0.3) is 5.91 Å². The van der Waals surface area contributed by atoms with Crippen LogP contribution in [0.3, 0.4) is 0 Å². The largest absolute Gasteiger partial charge is 0.494 e. The number of benzene rings is 2. The van der Waals surface area contributed by atoms with Crippen molar-refractivity contribution in [3.8, 4) is 5.75 Å². The Kier molecular flexibility index (Phi) is 4.97. The fourth-order valence-corrected chi connectivity index (χ4v) is 2.92. The van der Waals surface area contributed by atoms with Crippen LogP contribution in [-0.2, 0) is 4.79 Å². The normalized spacial score (nSPS) is 15.8. The van der Waals surface area contributed by atoms with E-state index in [2.05, 4.69) is 21.2 Å². The molecule has 0 spiro atoms. The molecule has 3 rings (SSSR count). The highest BCUT2D eigenvalue weighted by Crippen LogP contribution is 2.25. The number of carbonyl (C=O) groups excluding carboxylic acids is 1. The minimum absolute atomic E-state index is 0.174. The number of amides is 1. The maximum Gasteiger partial charge on any atom is 0.281 e. The number of carbonyl (C=O) groups is 1. The molecule has 4 nitrogen and oxygen atoms in total. The molecule has 1 saturated heterocycles. The van der Waals surface area contributed by atoms with Gasteiger partial charge in [-0.2, -0.15) is 0 Å². The molecule has 24 heavy (non-hydrogen) atoms. The molecular weight excluding hydrogens is 388 g/mol. The van der Waals surface area contributed by atoms with Crippen LogP contribution in [0.25, 0.3) is 6.08 Å². The van der Waals surface area contributed by atoms with Crippen LogP contribution in [0.2, 0.25) is 0 Å². The number of halogens is 1. The van der Waals surface area contributed by atoms with Crippen molar-refractivity contribution >= 4 is 50.9 Å². The highest BCUT2D eigenvalue weighted by Gasteiger charge is 2.31. The third-order valence-electron chi connectivity index (χ3n) is 3.47. The van der Waals surface area contributed by atoms with E-state index in [-0.39, 0.29) is 5.91 Å². The molecule has 2 aromatic rings. The maximum absolute atomic E-state index is 12.7. The third-order valence-corrected chi connectivity index (χ3v) is 4.28. The third kappa shape index (κ3) is 3.49. The molecule has 1 fully saturated rings. The number of hydrogen-bond acceptors (Lipinski definition) is 3. The molecular formula is C18H15BrN2O2S. The standard InChI is InChI=1S/C18H15BrN2O2S/c1-2-23-15-9-7-14(8-10-15)21-17(22)16(20-18(21)24)11-12-3-5-13(19)6-4-12/h3-11H,2H2,1H3,(H,20,24). The topological polar surface area (TPSA) is 41.6 Å². The van der Waals surface area contributed by atoms with Crippen LogP contribution in [0.15, 0.2) is 58.7 Å². The molecule has 0 bridgehead atoms. The van der Waals surface area contributed by atoms with E-state index < -0.39 is 0 Å². The summed E-state index contributed by atoms with van der Waals surface area (Å²) in [5, 5.41) is 3.35. The van der Waals surface area contributed by atoms with E-state index in [4.69, 9.17) is 17.0 Å². The van der Waals surface area contributed by atoms with E-state index in [1.54, 1.807) is 6.08 Å². The monoisotopic (exact) mass is 402 g/mol. The van der Waals surface area contributed by atoms with Crippen molar-refractivity contribution in [3.63, 3.8) is 0 Å². The SMILES string of the molecule is CCOc1ccc(N2C(=O)C(=Cc3ccc(Br)cc3)NC2=S)cc1. The number of rotatable bonds is 4. The van der Waals surface area contributed by atoms with Crippen molar-refractivity contribution in [3.05, 3.63) is 64.3 Å². The number of nitrogens with one attached hydrogen (secondary N) is 1. The van der Waals surface area contributed by atoms with Gasteiger partial charge in [-0.3, -0.25) is 9.69 Å². The fraction of sp³-hybridized carbons (Fsp3) is 0.111. The molecule has 0 aliphatic carbocycles. The van der Waals surface area contributed by atoms with Gasteiger partial charge in [0.1, 0.15) is 11.4 Å². The molecule has 1 aliphatic heterocycles. The van der Waals surface area contributed by atoms with Crippen LogP contribution in [0, 0.1) is 0 Å². The Labute approximate surface area is 154 Å². The molecule has 0 unspecified atom stereocenters. The van der Waals surface area contributed by atoms with Crippen molar-refractivity contribution in [2.45, 2.75) is 6.92 Å². The van der Waals surface area contributed by atoms with Gasteiger partial charge >= 0.3 is 0 Å².